The van der Waals surface area contributed by atoms with Crippen molar-refractivity contribution in [2.45, 2.75) is 31.5 Å². The maximum Gasteiger partial charge on any atom is 0.0494 e. The zero-order valence-corrected chi connectivity index (χ0v) is 11.5. The van der Waals surface area contributed by atoms with Crippen LogP contribution in [0, 0.1) is 5.92 Å². The zero-order chi connectivity index (χ0) is 12.9. The quantitative estimate of drug-likeness (QED) is 0.870. The first kappa shape index (κ1) is 11.9. The van der Waals surface area contributed by atoms with Crippen LogP contribution in [0.15, 0.2) is 24.3 Å². The second kappa shape index (κ2) is 4.30. The predicted octanol–water partition coefficient (Wildman–Crippen LogP) is 1.43. The molecule has 3 saturated heterocycles. The molecule has 4 heterocycles. The monoisotopic (exact) mass is 257 g/mol. The van der Waals surface area contributed by atoms with E-state index in [1.165, 1.54) is 43.6 Å². The Balaban J connectivity index is 1.65. The molecule has 4 aliphatic rings. The lowest BCUT2D eigenvalue weighted by Crippen LogP contribution is -2.68. The van der Waals surface area contributed by atoms with E-state index < -0.39 is 0 Å². The van der Waals surface area contributed by atoms with Gasteiger partial charge in [-0.25, -0.2) is 0 Å². The summed E-state index contributed by atoms with van der Waals surface area (Å²) in [5.74, 6) is 0.803. The molecule has 1 aromatic rings. The van der Waals surface area contributed by atoms with Crippen LogP contribution >= 0.6 is 0 Å². The lowest BCUT2D eigenvalue weighted by atomic mass is 9.71. The minimum Gasteiger partial charge on any atom is -0.329 e. The number of benzene rings is 1. The van der Waals surface area contributed by atoms with Crippen molar-refractivity contribution in [3.63, 3.8) is 0 Å². The number of rotatable bonds is 2. The molecule has 0 saturated carbocycles. The number of nitrogens with zero attached hydrogens (tertiary/aromatic N) is 2. The van der Waals surface area contributed by atoms with Crippen LogP contribution in [0.5, 0.6) is 0 Å². The van der Waals surface area contributed by atoms with Gasteiger partial charge in [0, 0.05) is 31.7 Å². The van der Waals surface area contributed by atoms with Crippen LogP contribution < -0.4 is 5.73 Å². The van der Waals surface area contributed by atoms with Crippen LogP contribution in [0.2, 0.25) is 0 Å². The topological polar surface area (TPSA) is 32.5 Å². The number of hydrogen-bond acceptors (Lipinski definition) is 3. The first-order valence-corrected chi connectivity index (χ1v) is 7.56. The van der Waals surface area contributed by atoms with Crippen LogP contribution in [0.25, 0.3) is 0 Å². The van der Waals surface area contributed by atoms with Gasteiger partial charge < -0.3 is 10.6 Å². The highest BCUT2D eigenvalue weighted by molar-refractivity contribution is 5.31. The summed E-state index contributed by atoms with van der Waals surface area (Å²) in [5.41, 5.74) is 9.52. The summed E-state index contributed by atoms with van der Waals surface area (Å²) < 4.78 is 0. The molecule has 1 unspecified atom stereocenters. The van der Waals surface area contributed by atoms with Gasteiger partial charge >= 0.3 is 0 Å². The van der Waals surface area contributed by atoms with Gasteiger partial charge in [0.1, 0.15) is 0 Å². The number of nitrogens with two attached hydrogens (primary N) is 1. The van der Waals surface area contributed by atoms with Gasteiger partial charge in [0.25, 0.3) is 0 Å². The van der Waals surface area contributed by atoms with Crippen LogP contribution in [0.3, 0.4) is 0 Å². The Morgan fingerprint density at radius 1 is 1.11 bits per heavy atom. The van der Waals surface area contributed by atoms with Gasteiger partial charge in [-0.05, 0) is 43.0 Å². The van der Waals surface area contributed by atoms with Gasteiger partial charge in [-0.15, -0.1) is 0 Å². The normalized spacial score (nSPS) is 37.5. The summed E-state index contributed by atoms with van der Waals surface area (Å²) in [4.78, 5) is 5.30. The first-order valence-electron chi connectivity index (χ1n) is 7.56. The fourth-order valence-corrected chi connectivity index (χ4v) is 4.51. The Morgan fingerprint density at radius 2 is 1.74 bits per heavy atom. The molecule has 5 rings (SSSR count). The lowest BCUT2D eigenvalue weighted by molar-refractivity contribution is -0.0702. The number of piperidine rings is 3. The van der Waals surface area contributed by atoms with E-state index in [-0.39, 0.29) is 5.54 Å². The van der Waals surface area contributed by atoms with E-state index >= 15 is 0 Å². The highest BCUT2D eigenvalue weighted by atomic mass is 15.3. The SMILES string of the molecule is NCC1(N2Cc3ccccc3C2)CN2CCC1CC2. The molecular formula is C16H23N3. The summed E-state index contributed by atoms with van der Waals surface area (Å²) in [7, 11) is 0. The van der Waals surface area contributed by atoms with Crippen molar-refractivity contribution in [1.82, 2.24) is 9.80 Å². The second-order valence-electron chi connectivity index (χ2n) is 6.48. The smallest absolute Gasteiger partial charge is 0.0494 e. The van der Waals surface area contributed by atoms with Crippen LogP contribution in [-0.2, 0) is 13.1 Å². The van der Waals surface area contributed by atoms with Crippen molar-refractivity contribution in [2.24, 2.45) is 11.7 Å². The molecule has 2 N–H and O–H groups in total. The van der Waals surface area contributed by atoms with Crippen LogP contribution in [0.1, 0.15) is 24.0 Å². The molecule has 0 aromatic heterocycles. The Kier molecular flexibility index (Phi) is 2.69. The van der Waals surface area contributed by atoms with E-state index in [2.05, 4.69) is 34.1 Å². The van der Waals surface area contributed by atoms with Crippen molar-refractivity contribution < 1.29 is 0 Å². The maximum absolute atomic E-state index is 6.27. The Labute approximate surface area is 115 Å². The van der Waals surface area contributed by atoms with Gasteiger partial charge in [0.15, 0.2) is 0 Å². The summed E-state index contributed by atoms with van der Waals surface area (Å²) in [6.07, 6.45) is 2.67. The molecule has 0 aliphatic carbocycles. The van der Waals surface area contributed by atoms with Crippen molar-refractivity contribution in [3.05, 3.63) is 35.4 Å². The zero-order valence-electron chi connectivity index (χ0n) is 11.5. The van der Waals surface area contributed by atoms with Gasteiger partial charge in [0.2, 0.25) is 0 Å². The number of hydrogen-bond donors (Lipinski definition) is 1. The molecule has 1 atom stereocenters. The second-order valence-corrected chi connectivity index (χ2v) is 6.48. The summed E-state index contributed by atoms with van der Waals surface area (Å²) >= 11 is 0. The van der Waals surface area contributed by atoms with Crippen molar-refractivity contribution >= 4 is 0 Å². The summed E-state index contributed by atoms with van der Waals surface area (Å²) in [6, 6.07) is 8.88. The average molecular weight is 257 g/mol. The molecule has 3 heteroatoms. The Morgan fingerprint density at radius 3 is 2.21 bits per heavy atom. The molecule has 0 spiro atoms. The third-order valence-electron chi connectivity index (χ3n) is 5.67. The van der Waals surface area contributed by atoms with Gasteiger partial charge in [-0.3, -0.25) is 4.90 Å². The molecule has 19 heavy (non-hydrogen) atoms. The summed E-state index contributed by atoms with van der Waals surface area (Å²) in [6.45, 7) is 6.75. The van der Waals surface area contributed by atoms with Gasteiger partial charge in [0.05, 0.1) is 0 Å². The molecule has 3 nitrogen and oxygen atoms in total. The Hall–Kier alpha value is -0.900. The first-order chi connectivity index (χ1) is 9.32. The standard InChI is InChI=1S/C16H23N3/c17-11-16(12-18-7-5-15(16)6-8-18)19-9-13-3-1-2-4-14(13)10-19/h1-4,15H,5-12,17H2. The van der Waals surface area contributed by atoms with Crippen molar-refractivity contribution in [3.8, 4) is 0 Å². The van der Waals surface area contributed by atoms with Crippen molar-refractivity contribution in [2.75, 3.05) is 26.2 Å². The highest BCUT2D eigenvalue weighted by Crippen LogP contribution is 2.42. The van der Waals surface area contributed by atoms with E-state index in [0.717, 1.165) is 25.6 Å². The molecule has 2 bridgehead atoms. The van der Waals surface area contributed by atoms with E-state index in [4.69, 9.17) is 5.73 Å². The fraction of sp³-hybridized carbons (Fsp3) is 0.625. The largest absolute Gasteiger partial charge is 0.329 e. The van der Waals surface area contributed by atoms with E-state index in [1.807, 2.05) is 0 Å². The van der Waals surface area contributed by atoms with E-state index in [1.54, 1.807) is 0 Å². The predicted molar refractivity (Wildman–Crippen MR) is 76.6 cm³/mol. The minimum atomic E-state index is 0.232. The molecule has 1 aromatic carbocycles. The Bertz CT molecular complexity index is 454. The lowest BCUT2D eigenvalue weighted by Gasteiger charge is -2.57. The minimum absolute atomic E-state index is 0.232. The van der Waals surface area contributed by atoms with E-state index in [9.17, 15) is 0 Å². The van der Waals surface area contributed by atoms with Gasteiger partial charge in [-0.1, -0.05) is 24.3 Å². The average Bonchev–Trinajstić information content (AvgIpc) is 2.92. The van der Waals surface area contributed by atoms with Crippen LogP contribution in [-0.4, -0.2) is 41.5 Å². The molecule has 0 amide bonds. The van der Waals surface area contributed by atoms with Crippen molar-refractivity contribution in [1.29, 1.82) is 0 Å². The molecule has 102 valence electrons. The van der Waals surface area contributed by atoms with Gasteiger partial charge in [-0.2, -0.15) is 0 Å². The third kappa shape index (κ3) is 1.69. The summed E-state index contributed by atoms with van der Waals surface area (Å²) in [5, 5.41) is 0. The number of fused-ring (bicyclic) bond motifs is 4. The fourth-order valence-electron chi connectivity index (χ4n) is 4.51. The van der Waals surface area contributed by atoms with E-state index in [0.29, 0.717) is 0 Å². The maximum atomic E-state index is 6.27. The molecule has 0 radical (unpaired) electrons. The molecule has 4 aliphatic heterocycles. The molecular weight excluding hydrogens is 234 g/mol. The van der Waals surface area contributed by atoms with Crippen LogP contribution in [0.4, 0.5) is 0 Å². The highest BCUT2D eigenvalue weighted by Gasteiger charge is 2.50. The third-order valence-corrected chi connectivity index (χ3v) is 5.67. The molecule has 3 fully saturated rings.